The number of fused-ring (bicyclic) bond motifs is 3. The number of benzene rings is 1. The lowest BCUT2D eigenvalue weighted by Crippen LogP contribution is -2.24. The number of pyridine rings is 1. The summed E-state index contributed by atoms with van der Waals surface area (Å²) in [6, 6.07) is 10.5. The average Bonchev–Trinajstić information content (AvgIpc) is 2.92. The molecular formula is C20H20N2O3. The van der Waals surface area contributed by atoms with Gasteiger partial charge in [-0.05, 0) is 44.5 Å². The molecule has 25 heavy (non-hydrogen) atoms. The van der Waals surface area contributed by atoms with Crippen LogP contribution in [0.15, 0.2) is 54.2 Å². The quantitative estimate of drug-likeness (QED) is 0.549. The first kappa shape index (κ1) is 16.8. The van der Waals surface area contributed by atoms with Crippen molar-refractivity contribution in [1.29, 1.82) is 0 Å². The fraction of sp³-hybridized carbons (Fsp3) is 0.200. The fourth-order valence-electron chi connectivity index (χ4n) is 2.95. The number of rotatable bonds is 5. The number of nitrogens with one attached hydrogen (secondary N) is 1. The molecule has 0 aliphatic rings. The van der Waals surface area contributed by atoms with Crippen LogP contribution in [0.1, 0.15) is 41.0 Å². The van der Waals surface area contributed by atoms with Crippen molar-refractivity contribution in [3.63, 3.8) is 0 Å². The van der Waals surface area contributed by atoms with Crippen molar-refractivity contribution >= 4 is 28.3 Å². The van der Waals surface area contributed by atoms with Crippen molar-refractivity contribution in [2.24, 2.45) is 0 Å². The summed E-state index contributed by atoms with van der Waals surface area (Å²) in [4.78, 5) is 24.0. The van der Waals surface area contributed by atoms with Crippen LogP contribution >= 0.6 is 0 Å². The van der Waals surface area contributed by atoms with E-state index in [0.717, 1.165) is 6.42 Å². The Kier molecular flexibility index (Phi) is 4.57. The minimum absolute atomic E-state index is 0.160. The van der Waals surface area contributed by atoms with E-state index in [-0.39, 0.29) is 11.5 Å². The van der Waals surface area contributed by atoms with Crippen molar-refractivity contribution in [3.05, 3.63) is 65.4 Å². The maximum Gasteiger partial charge on any atom is 0.338 e. The first-order chi connectivity index (χ1) is 12.0. The van der Waals surface area contributed by atoms with Gasteiger partial charge in [0.05, 0.1) is 16.6 Å². The second-order valence-corrected chi connectivity index (χ2v) is 6.19. The number of aromatic nitrogens is 1. The van der Waals surface area contributed by atoms with Gasteiger partial charge in [-0.1, -0.05) is 23.8 Å². The number of aromatic carboxylic acids is 1. The Balaban J connectivity index is 1.97. The molecule has 1 aromatic carbocycles. The second kappa shape index (κ2) is 6.81. The van der Waals surface area contributed by atoms with E-state index >= 15 is 0 Å². The topological polar surface area (TPSA) is 70.8 Å². The van der Waals surface area contributed by atoms with Gasteiger partial charge in [0, 0.05) is 23.7 Å². The first-order valence-electron chi connectivity index (χ1n) is 8.16. The van der Waals surface area contributed by atoms with Crippen LogP contribution < -0.4 is 5.32 Å². The fourth-order valence-corrected chi connectivity index (χ4v) is 2.95. The molecule has 2 heterocycles. The summed E-state index contributed by atoms with van der Waals surface area (Å²) >= 11 is 0. The van der Waals surface area contributed by atoms with Crippen LogP contribution in [0.25, 0.3) is 16.4 Å². The Bertz CT molecular complexity index is 995. The van der Waals surface area contributed by atoms with E-state index in [1.54, 1.807) is 40.9 Å². The van der Waals surface area contributed by atoms with Crippen LogP contribution in [0.2, 0.25) is 0 Å². The number of carboxylic acid groups (broad SMARTS) is 1. The third-order valence-corrected chi connectivity index (χ3v) is 4.10. The Hall–Kier alpha value is -3.08. The molecule has 1 amide bonds. The molecule has 3 aromatic rings. The summed E-state index contributed by atoms with van der Waals surface area (Å²) in [5, 5.41) is 13.1. The molecular weight excluding hydrogens is 316 g/mol. The summed E-state index contributed by atoms with van der Waals surface area (Å²) in [5.41, 5.74) is 3.32. The van der Waals surface area contributed by atoms with Crippen molar-refractivity contribution in [2.75, 3.05) is 6.54 Å². The number of carbonyl (C=O) groups excluding carboxylic acids is 1. The highest BCUT2D eigenvalue weighted by molar-refractivity contribution is 6.12. The molecule has 0 aliphatic heterocycles. The number of allylic oxidation sites excluding steroid dienone is 1. The lowest BCUT2D eigenvalue weighted by atomic mass is 10.1. The highest BCUT2D eigenvalue weighted by Crippen LogP contribution is 2.27. The van der Waals surface area contributed by atoms with Crippen LogP contribution in [0.3, 0.4) is 0 Å². The number of nitrogens with zero attached hydrogens (tertiary/aromatic N) is 1. The Morgan fingerprint density at radius 2 is 1.96 bits per heavy atom. The molecule has 0 fully saturated rings. The Morgan fingerprint density at radius 3 is 2.68 bits per heavy atom. The molecule has 0 unspecified atom stereocenters. The lowest BCUT2D eigenvalue weighted by Gasteiger charge is -2.05. The smallest absolute Gasteiger partial charge is 0.338 e. The third-order valence-electron chi connectivity index (χ3n) is 4.10. The zero-order chi connectivity index (χ0) is 18.0. The molecule has 5 heteroatoms. The van der Waals surface area contributed by atoms with Crippen LogP contribution in [-0.2, 0) is 0 Å². The van der Waals surface area contributed by atoms with E-state index in [0.29, 0.717) is 28.5 Å². The van der Waals surface area contributed by atoms with Gasteiger partial charge in [-0.3, -0.25) is 4.79 Å². The number of carboxylic acids is 1. The van der Waals surface area contributed by atoms with Crippen LogP contribution in [0, 0.1) is 0 Å². The van der Waals surface area contributed by atoms with E-state index < -0.39 is 5.97 Å². The summed E-state index contributed by atoms with van der Waals surface area (Å²) in [6.45, 7) is 4.61. The van der Waals surface area contributed by atoms with E-state index in [9.17, 15) is 14.7 Å². The van der Waals surface area contributed by atoms with Crippen LogP contribution in [0.5, 0.6) is 0 Å². The SMILES string of the molecule is CC(C)=CCCNC(=O)c1ccc2c(C(=O)O)c3ccccn3c2c1. The van der Waals surface area contributed by atoms with E-state index in [1.165, 1.54) is 5.57 Å². The predicted octanol–water partition coefficient (Wildman–Crippen LogP) is 3.88. The minimum atomic E-state index is -0.974. The van der Waals surface area contributed by atoms with E-state index in [2.05, 4.69) is 11.4 Å². The zero-order valence-electron chi connectivity index (χ0n) is 14.2. The van der Waals surface area contributed by atoms with Crippen LogP contribution in [-0.4, -0.2) is 27.9 Å². The van der Waals surface area contributed by atoms with Gasteiger partial charge in [0.2, 0.25) is 0 Å². The van der Waals surface area contributed by atoms with Crippen molar-refractivity contribution in [2.45, 2.75) is 20.3 Å². The molecule has 0 saturated heterocycles. The van der Waals surface area contributed by atoms with Crippen molar-refractivity contribution < 1.29 is 14.7 Å². The van der Waals surface area contributed by atoms with Crippen molar-refractivity contribution in [3.8, 4) is 0 Å². The predicted molar refractivity (Wildman–Crippen MR) is 98.2 cm³/mol. The second-order valence-electron chi connectivity index (χ2n) is 6.19. The monoisotopic (exact) mass is 336 g/mol. The lowest BCUT2D eigenvalue weighted by molar-refractivity contribution is 0.0701. The Morgan fingerprint density at radius 1 is 1.16 bits per heavy atom. The van der Waals surface area contributed by atoms with Gasteiger partial charge in [-0.2, -0.15) is 0 Å². The van der Waals surface area contributed by atoms with E-state index in [4.69, 9.17) is 0 Å². The molecule has 0 bridgehead atoms. The molecule has 128 valence electrons. The average molecular weight is 336 g/mol. The number of amides is 1. The normalized spacial score (nSPS) is 10.8. The molecule has 0 spiro atoms. The summed E-state index contributed by atoms with van der Waals surface area (Å²) in [6.07, 6.45) is 4.66. The standard InChI is InChI=1S/C20H20N2O3/c1-13(2)6-5-10-21-19(23)14-8-9-15-17(12-14)22-11-4-3-7-16(22)18(15)20(24)25/h3-4,6-9,11-12H,5,10H2,1-2H3,(H,21,23)(H,24,25). The van der Waals surface area contributed by atoms with Gasteiger partial charge in [-0.15, -0.1) is 0 Å². The van der Waals surface area contributed by atoms with Gasteiger partial charge in [0.25, 0.3) is 5.91 Å². The maximum atomic E-state index is 12.4. The zero-order valence-corrected chi connectivity index (χ0v) is 14.2. The summed E-state index contributed by atoms with van der Waals surface area (Å²) in [5.74, 6) is -1.13. The molecule has 3 rings (SSSR count). The maximum absolute atomic E-state index is 12.4. The molecule has 0 aliphatic carbocycles. The van der Waals surface area contributed by atoms with Crippen molar-refractivity contribution in [1.82, 2.24) is 9.72 Å². The molecule has 0 radical (unpaired) electrons. The summed E-state index contributed by atoms with van der Waals surface area (Å²) < 4.78 is 1.80. The minimum Gasteiger partial charge on any atom is -0.478 e. The van der Waals surface area contributed by atoms with Gasteiger partial charge in [-0.25, -0.2) is 4.79 Å². The number of hydrogen-bond donors (Lipinski definition) is 2. The first-order valence-corrected chi connectivity index (χ1v) is 8.16. The van der Waals surface area contributed by atoms with Gasteiger partial charge in [0.1, 0.15) is 0 Å². The van der Waals surface area contributed by atoms with Gasteiger partial charge in [0.15, 0.2) is 0 Å². The third kappa shape index (κ3) is 3.26. The largest absolute Gasteiger partial charge is 0.478 e. The molecule has 2 N–H and O–H groups in total. The molecule has 2 aromatic heterocycles. The van der Waals surface area contributed by atoms with E-state index in [1.807, 2.05) is 19.9 Å². The van der Waals surface area contributed by atoms with Gasteiger partial charge < -0.3 is 14.8 Å². The number of carbonyl (C=O) groups is 2. The Labute approximate surface area is 145 Å². The van der Waals surface area contributed by atoms with Gasteiger partial charge >= 0.3 is 5.97 Å². The molecule has 0 atom stereocenters. The highest BCUT2D eigenvalue weighted by Gasteiger charge is 2.18. The number of hydrogen-bond acceptors (Lipinski definition) is 2. The van der Waals surface area contributed by atoms with Crippen LogP contribution in [0.4, 0.5) is 0 Å². The highest BCUT2D eigenvalue weighted by atomic mass is 16.4. The summed E-state index contributed by atoms with van der Waals surface area (Å²) in [7, 11) is 0. The molecule has 0 saturated carbocycles. The molecule has 5 nitrogen and oxygen atoms in total.